The minimum absolute atomic E-state index is 0.223. The Labute approximate surface area is 120 Å². The summed E-state index contributed by atoms with van der Waals surface area (Å²) in [5, 5.41) is 2.47. The summed E-state index contributed by atoms with van der Waals surface area (Å²) in [5.74, 6) is -0.223. The molecule has 3 heteroatoms. The molecule has 0 aliphatic rings. The van der Waals surface area contributed by atoms with E-state index in [1.807, 2.05) is 24.3 Å². The van der Waals surface area contributed by atoms with Gasteiger partial charge in [0, 0.05) is 5.39 Å². The highest BCUT2D eigenvalue weighted by Crippen LogP contribution is 2.33. The van der Waals surface area contributed by atoms with Crippen LogP contribution in [0.1, 0.15) is 0 Å². The molecule has 0 radical (unpaired) electrons. The number of halogens is 3. The molecular weight excluding hydrogens is 282 g/mol. The lowest BCUT2D eigenvalue weighted by Gasteiger charge is -2.08. The molecule has 0 amide bonds. The smallest absolute Gasteiger partial charge is 0.131 e. The van der Waals surface area contributed by atoms with Crippen molar-refractivity contribution in [1.82, 2.24) is 0 Å². The minimum Gasteiger partial charge on any atom is -0.206 e. The number of hydrogen-bond donors (Lipinski definition) is 0. The lowest BCUT2D eigenvalue weighted by atomic mass is 9.98. The molecule has 0 bridgehead atoms. The summed E-state index contributed by atoms with van der Waals surface area (Å²) in [6.45, 7) is 0. The van der Waals surface area contributed by atoms with E-state index in [0.29, 0.717) is 15.4 Å². The summed E-state index contributed by atoms with van der Waals surface area (Å²) >= 11 is 12.0. The predicted octanol–water partition coefficient (Wildman–Crippen LogP) is 5.95. The maximum Gasteiger partial charge on any atom is 0.131 e. The molecule has 3 aromatic rings. The van der Waals surface area contributed by atoms with Crippen LogP contribution in [0.4, 0.5) is 4.39 Å². The van der Waals surface area contributed by atoms with Crippen molar-refractivity contribution in [2.45, 2.75) is 0 Å². The summed E-state index contributed by atoms with van der Waals surface area (Å²) in [6, 6.07) is 16.0. The van der Waals surface area contributed by atoms with Crippen molar-refractivity contribution in [1.29, 1.82) is 0 Å². The van der Waals surface area contributed by atoms with E-state index in [-0.39, 0.29) is 5.82 Å². The van der Waals surface area contributed by atoms with Crippen molar-refractivity contribution >= 4 is 34.0 Å². The average Bonchev–Trinajstić information content (AvgIpc) is 2.42. The average molecular weight is 291 g/mol. The molecule has 0 aromatic heterocycles. The second-order valence-corrected chi connectivity index (χ2v) is 5.08. The second kappa shape index (κ2) is 4.84. The molecule has 0 unspecified atom stereocenters. The van der Waals surface area contributed by atoms with Gasteiger partial charge >= 0.3 is 0 Å². The maximum atomic E-state index is 13.8. The van der Waals surface area contributed by atoms with E-state index in [1.165, 1.54) is 6.07 Å². The normalized spacial score (nSPS) is 10.9. The van der Waals surface area contributed by atoms with Gasteiger partial charge in [0.1, 0.15) is 5.82 Å². The Morgan fingerprint density at radius 2 is 1.47 bits per heavy atom. The van der Waals surface area contributed by atoms with Crippen LogP contribution in [0.25, 0.3) is 21.9 Å². The van der Waals surface area contributed by atoms with Gasteiger partial charge in [-0.1, -0.05) is 59.6 Å². The third-order valence-electron chi connectivity index (χ3n) is 3.10. The van der Waals surface area contributed by atoms with Gasteiger partial charge in [0.25, 0.3) is 0 Å². The van der Waals surface area contributed by atoms with Crippen molar-refractivity contribution in [2.24, 2.45) is 0 Å². The molecule has 0 nitrogen and oxygen atoms in total. The molecule has 0 heterocycles. The fraction of sp³-hybridized carbons (Fsp3) is 0. The Morgan fingerprint density at radius 3 is 2.26 bits per heavy atom. The van der Waals surface area contributed by atoms with Crippen LogP contribution >= 0.6 is 23.2 Å². The standard InChI is InChI=1S/C16H9Cl2F/c17-14-8-7-10(9-15(14)18)11-3-1-5-13-12(11)4-2-6-16(13)19/h1-9H. The van der Waals surface area contributed by atoms with Crippen LogP contribution in [0.5, 0.6) is 0 Å². The number of benzene rings is 3. The lowest BCUT2D eigenvalue weighted by molar-refractivity contribution is 0.640. The van der Waals surface area contributed by atoms with E-state index in [1.54, 1.807) is 24.3 Å². The minimum atomic E-state index is -0.223. The highest BCUT2D eigenvalue weighted by molar-refractivity contribution is 6.42. The Morgan fingerprint density at radius 1 is 0.737 bits per heavy atom. The topological polar surface area (TPSA) is 0 Å². The molecule has 94 valence electrons. The van der Waals surface area contributed by atoms with Gasteiger partial charge < -0.3 is 0 Å². The van der Waals surface area contributed by atoms with Crippen molar-refractivity contribution in [2.75, 3.05) is 0 Å². The first-order valence-electron chi connectivity index (χ1n) is 5.79. The van der Waals surface area contributed by atoms with Crippen molar-refractivity contribution in [3.63, 3.8) is 0 Å². The van der Waals surface area contributed by atoms with Crippen LogP contribution in [-0.4, -0.2) is 0 Å². The molecule has 0 aliphatic heterocycles. The zero-order valence-electron chi connectivity index (χ0n) is 9.83. The van der Waals surface area contributed by atoms with Gasteiger partial charge in [-0.3, -0.25) is 0 Å². The zero-order valence-corrected chi connectivity index (χ0v) is 11.3. The Bertz CT molecular complexity index is 766. The largest absolute Gasteiger partial charge is 0.206 e. The Kier molecular flexibility index (Phi) is 3.17. The number of rotatable bonds is 1. The monoisotopic (exact) mass is 290 g/mol. The summed E-state index contributed by atoms with van der Waals surface area (Å²) in [5.41, 5.74) is 1.86. The Balaban J connectivity index is 2.30. The van der Waals surface area contributed by atoms with Gasteiger partial charge in [0.15, 0.2) is 0 Å². The fourth-order valence-corrected chi connectivity index (χ4v) is 2.49. The van der Waals surface area contributed by atoms with E-state index < -0.39 is 0 Å². The zero-order chi connectivity index (χ0) is 13.4. The van der Waals surface area contributed by atoms with E-state index in [2.05, 4.69) is 0 Å². The van der Waals surface area contributed by atoms with Crippen LogP contribution in [0.3, 0.4) is 0 Å². The van der Waals surface area contributed by atoms with Gasteiger partial charge in [-0.15, -0.1) is 0 Å². The second-order valence-electron chi connectivity index (χ2n) is 4.27. The van der Waals surface area contributed by atoms with E-state index in [9.17, 15) is 4.39 Å². The molecule has 0 aliphatic carbocycles. The van der Waals surface area contributed by atoms with Crippen LogP contribution in [-0.2, 0) is 0 Å². The van der Waals surface area contributed by atoms with Crippen LogP contribution < -0.4 is 0 Å². The summed E-state index contributed by atoms with van der Waals surface area (Å²) in [7, 11) is 0. The van der Waals surface area contributed by atoms with E-state index in [0.717, 1.165) is 16.5 Å². The summed E-state index contributed by atoms with van der Waals surface area (Å²) in [4.78, 5) is 0. The summed E-state index contributed by atoms with van der Waals surface area (Å²) < 4.78 is 13.8. The lowest BCUT2D eigenvalue weighted by Crippen LogP contribution is -1.84. The van der Waals surface area contributed by atoms with Crippen LogP contribution in [0.15, 0.2) is 54.6 Å². The number of fused-ring (bicyclic) bond motifs is 1. The molecule has 0 fully saturated rings. The number of hydrogen-bond acceptors (Lipinski definition) is 0. The highest BCUT2D eigenvalue weighted by atomic mass is 35.5. The molecular formula is C16H9Cl2F. The molecule has 3 rings (SSSR count). The first-order chi connectivity index (χ1) is 9.16. The van der Waals surface area contributed by atoms with Gasteiger partial charge in [-0.2, -0.15) is 0 Å². The van der Waals surface area contributed by atoms with Crippen molar-refractivity contribution < 1.29 is 4.39 Å². The predicted molar refractivity (Wildman–Crippen MR) is 79.4 cm³/mol. The molecule has 0 spiro atoms. The quantitative estimate of drug-likeness (QED) is 0.519. The van der Waals surface area contributed by atoms with Gasteiger partial charge in [-0.05, 0) is 34.7 Å². The molecule has 0 saturated heterocycles. The molecule has 0 saturated carbocycles. The first-order valence-corrected chi connectivity index (χ1v) is 6.55. The highest BCUT2D eigenvalue weighted by Gasteiger charge is 2.08. The van der Waals surface area contributed by atoms with E-state index in [4.69, 9.17) is 23.2 Å². The molecule has 0 atom stereocenters. The Hall–Kier alpha value is -1.57. The fourth-order valence-electron chi connectivity index (χ4n) is 2.19. The van der Waals surface area contributed by atoms with Crippen molar-refractivity contribution in [3.05, 3.63) is 70.5 Å². The molecule has 3 aromatic carbocycles. The van der Waals surface area contributed by atoms with E-state index >= 15 is 0 Å². The SMILES string of the molecule is Fc1cccc2c(-c3ccc(Cl)c(Cl)c3)cccc12. The molecule has 0 N–H and O–H groups in total. The third kappa shape index (κ3) is 2.20. The van der Waals surface area contributed by atoms with Gasteiger partial charge in [-0.25, -0.2) is 4.39 Å². The maximum absolute atomic E-state index is 13.8. The van der Waals surface area contributed by atoms with Crippen LogP contribution in [0.2, 0.25) is 10.0 Å². The first kappa shape index (κ1) is 12.5. The summed E-state index contributed by atoms with van der Waals surface area (Å²) in [6.07, 6.45) is 0. The van der Waals surface area contributed by atoms with Crippen LogP contribution in [0, 0.1) is 5.82 Å². The van der Waals surface area contributed by atoms with Gasteiger partial charge in [0.05, 0.1) is 10.0 Å². The molecule has 19 heavy (non-hydrogen) atoms. The van der Waals surface area contributed by atoms with Gasteiger partial charge in [0.2, 0.25) is 0 Å². The third-order valence-corrected chi connectivity index (χ3v) is 3.84. The van der Waals surface area contributed by atoms with Crippen molar-refractivity contribution in [3.8, 4) is 11.1 Å².